The monoisotopic (exact) mass is 380 g/mol. The number of benzene rings is 2. The average molecular weight is 381 g/mol. The van der Waals surface area contributed by atoms with Crippen LogP contribution in [0.15, 0.2) is 54.9 Å². The number of nitrogens with zero attached hydrogens (tertiary/aromatic N) is 2. The standard InChI is InChI=1S/C21H21ClN4O/c1-14-3-8-18(11-15(14)2)26-20-13-24-19(12-25-20)21(27)23-10-9-16-4-6-17(22)7-5-16/h3-8,11-13H,9-10H2,1-2H3,(H,23,27)(H,25,26). The SMILES string of the molecule is Cc1ccc(Nc2cnc(C(=O)NCCc3ccc(Cl)cc3)cn2)cc1C. The molecule has 5 nitrogen and oxygen atoms in total. The van der Waals surface area contributed by atoms with Crippen LogP contribution in [0.4, 0.5) is 11.5 Å². The maximum atomic E-state index is 12.2. The van der Waals surface area contributed by atoms with E-state index in [0.29, 0.717) is 17.4 Å². The molecule has 0 spiro atoms. The zero-order chi connectivity index (χ0) is 19.2. The van der Waals surface area contributed by atoms with E-state index in [1.54, 1.807) is 6.20 Å². The highest BCUT2D eigenvalue weighted by atomic mass is 35.5. The minimum atomic E-state index is -0.241. The van der Waals surface area contributed by atoms with Gasteiger partial charge in [-0.1, -0.05) is 29.8 Å². The molecule has 0 fully saturated rings. The number of halogens is 1. The number of amides is 1. The van der Waals surface area contributed by atoms with E-state index in [2.05, 4.69) is 34.4 Å². The first-order valence-corrected chi connectivity index (χ1v) is 9.08. The van der Waals surface area contributed by atoms with Crippen molar-refractivity contribution in [1.29, 1.82) is 0 Å². The summed E-state index contributed by atoms with van der Waals surface area (Å²) in [6, 6.07) is 13.7. The zero-order valence-corrected chi connectivity index (χ0v) is 16.0. The molecule has 1 aromatic heterocycles. The van der Waals surface area contributed by atoms with Gasteiger partial charge in [-0.25, -0.2) is 9.97 Å². The van der Waals surface area contributed by atoms with Crippen molar-refractivity contribution in [2.24, 2.45) is 0 Å². The van der Waals surface area contributed by atoms with E-state index in [4.69, 9.17) is 11.6 Å². The molecule has 2 N–H and O–H groups in total. The second-order valence-electron chi connectivity index (χ2n) is 6.34. The number of nitrogens with one attached hydrogen (secondary N) is 2. The Morgan fingerprint density at radius 3 is 2.44 bits per heavy atom. The third-order valence-corrected chi connectivity index (χ3v) is 4.53. The predicted molar refractivity (Wildman–Crippen MR) is 109 cm³/mol. The van der Waals surface area contributed by atoms with Gasteiger partial charge in [0.25, 0.3) is 5.91 Å². The number of hydrogen-bond acceptors (Lipinski definition) is 4. The lowest BCUT2D eigenvalue weighted by molar-refractivity contribution is 0.0949. The normalized spacial score (nSPS) is 10.5. The lowest BCUT2D eigenvalue weighted by atomic mass is 10.1. The van der Waals surface area contributed by atoms with Gasteiger partial charge in [0.05, 0.1) is 12.4 Å². The van der Waals surface area contributed by atoms with Crippen LogP contribution in [0.3, 0.4) is 0 Å². The molecule has 0 saturated carbocycles. The predicted octanol–water partition coefficient (Wildman–Crippen LogP) is 4.46. The molecule has 0 aliphatic heterocycles. The van der Waals surface area contributed by atoms with Gasteiger partial charge in [-0.3, -0.25) is 4.79 Å². The fourth-order valence-electron chi connectivity index (χ4n) is 2.54. The molecule has 0 radical (unpaired) electrons. The second kappa shape index (κ2) is 8.64. The molecule has 3 aromatic rings. The number of hydrogen-bond donors (Lipinski definition) is 2. The van der Waals surface area contributed by atoms with Crippen LogP contribution in [0, 0.1) is 13.8 Å². The van der Waals surface area contributed by atoms with E-state index in [-0.39, 0.29) is 11.6 Å². The highest BCUT2D eigenvalue weighted by molar-refractivity contribution is 6.30. The van der Waals surface area contributed by atoms with Gasteiger partial charge in [-0.2, -0.15) is 0 Å². The maximum absolute atomic E-state index is 12.2. The van der Waals surface area contributed by atoms with E-state index in [9.17, 15) is 4.79 Å². The van der Waals surface area contributed by atoms with Gasteiger partial charge in [-0.15, -0.1) is 0 Å². The number of carbonyl (C=O) groups excluding carboxylic acids is 1. The number of rotatable bonds is 6. The number of aryl methyl sites for hydroxylation is 2. The summed E-state index contributed by atoms with van der Waals surface area (Å²) in [5.74, 6) is 0.352. The third-order valence-electron chi connectivity index (χ3n) is 4.28. The van der Waals surface area contributed by atoms with Crippen molar-refractivity contribution in [2.45, 2.75) is 20.3 Å². The Morgan fingerprint density at radius 1 is 1.00 bits per heavy atom. The molecule has 6 heteroatoms. The Hall–Kier alpha value is -2.92. The van der Waals surface area contributed by atoms with Gasteiger partial charge in [0.2, 0.25) is 0 Å². The highest BCUT2D eigenvalue weighted by Crippen LogP contribution is 2.17. The summed E-state index contributed by atoms with van der Waals surface area (Å²) in [6.45, 7) is 4.65. The first-order chi connectivity index (χ1) is 13.0. The average Bonchev–Trinajstić information content (AvgIpc) is 2.67. The van der Waals surface area contributed by atoms with Gasteiger partial charge >= 0.3 is 0 Å². The second-order valence-corrected chi connectivity index (χ2v) is 6.78. The van der Waals surface area contributed by atoms with Crippen molar-refractivity contribution < 1.29 is 4.79 Å². The highest BCUT2D eigenvalue weighted by Gasteiger charge is 2.08. The minimum Gasteiger partial charge on any atom is -0.350 e. The molecule has 0 unspecified atom stereocenters. The van der Waals surface area contributed by atoms with Gasteiger partial charge < -0.3 is 10.6 Å². The van der Waals surface area contributed by atoms with E-state index in [1.165, 1.54) is 17.3 Å². The molecular formula is C21H21ClN4O. The smallest absolute Gasteiger partial charge is 0.271 e. The molecule has 1 heterocycles. The van der Waals surface area contributed by atoms with Gasteiger partial charge in [-0.05, 0) is 61.2 Å². The van der Waals surface area contributed by atoms with Crippen LogP contribution in [0.5, 0.6) is 0 Å². The Labute approximate surface area is 163 Å². The summed E-state index contributed by atoms with van der Waals surface area (Å²) in [5.41, 5.74) is 4.77. The largest absolute Gasteiger partial charge is 0.350 e. The fraction of sp³-hybridized carbons (Fsp3) is 0.190. The lowest BCUT2D eigenvalue weighted by Crippen LogP contribution is -2.26. The van der Waals surface area contributed by atoms with Gasteiger partial charge in [0.15, 0.2) is 0 Å². The van der Waals surface area contributed by atoms with Crippen LogP contribution in [0.25, 0.3) is 0 Å². The Kier molecular flexibility index (Phi) is 6.04. The molecule has 0 bridgehead atoms. The minimum absolute atomic E-state index is 0.241. The summed E-state index contributed by atoms with van der Waals surface area (Å²) in [7, 11) is 0. The zero-order valence-electron chi connectivity index (χ0n) is 15.3. The van der Waals surface area contributed by atoms with Crippen LogP contribution in [0.2, 0.25) is 5.02 Å². The molecule has 2 aromatic carbocycles. The van der Waals surface area contributed by atoms with E-state index in [1.807, 2.05) is 42.5 Å². The first kappa shape index (κ1) is 18.9. The van der Waals surface area contributed by atoms with Crippen molar-refractivity contribution in [3.63, 3.8) is 0 Å². The molecule has 27 heavy (non-hydrogen) atoms. The lowest BCUT2D eigenvalue weighted by Gasteiger charge is -2.08. The maximum Gasteiger partial charge on any atom is 0.271 e. The topological polar surface area (TPSA) is 66.9 Å². The van der Waals surface area contributed by atoms with E-state index >= 15 is 0 Å². The van der Waals surface area contributed by atoms with Crippen molar-refractivity contribution >= 4 is 29.0 Å². The number of carbonyl (C=O) groups is 1. The molecule has 0 aliphatic carbocycles. The molecule has 1 amide bonds. The summed E-state index contributed by atoms with van der Waals surface area (Å²) in [5, 5.41) is 6.74. The molecule has 0 atom stereocenters. The Bertz CT molecular complexity index is 924. The van der Waals surface area contributed by atoms with Gasteiger partial charge in [0, 0.05) is 17.3 Å². The van der Waals surface area contributed by atoms with Crippen molar-refractivity contribution in [3.05, 3.63) is 82.3 Å². The third kappa shape index (κ3) is 5.28. The van der Waals surface area contributed by atoms with Crippen LogP contribution >= 0.6 is 11.6 Å². The Morgan fingerprint density at radius 2 is 1.78 bits per heavy atom. The van der Waals surface area contributed by atoms with Crippen molar-refractivity contribution in [1.82, 2.24) is 15.3 Å². The molecule has 3 rings (SSSR count). The number of anilines is 2. The number of aromatic nitrogens is 2. The summed E-state index contributed by atoms with van der Waals surface area (Å²) >= 11 is 5.86. The van der Waals surface area contributed by atoms with Gasteiger partial charge in [0.1, 0.15) is 11.5 Å². The molecule has 138 valence electrons. The quantitative estimate of drug-likeness (QED) is 0.662. The van der Waals surface area contributed by atoms with Crippen LogP contribution in [-0.4, -0.2) is 22.4 Å². The van der Waals surface area contributed by atoms with Crippen molar-refractivity contribution in [3.8, 4) is 0 Å². The van der Waals surface area contributed by atoms with Crippen LogP contribution in [0.1, 0.15) is 27.2 Å². The Balaban J connectivity index is 1.53. The molecule has 0 aliphatic rings. The first-order valence-electron chi connectivity index (χ1n) is 8.70. The fourth-order valence-corrected chi connectivity index (χ4v) is 2.66. The summed E-state index contributed by atoms with van der Waals surface area (Å²) in [4.78, 5) is 20.7. The van der Waals surface area contributed by atoms with Crippen LogP contribution in [-0.2, 0) is 6.42 Å². The van der Waals surface area contributed by atoms with Crippen LogP contribution < -0.4 is 10.6 Å². The molecular weight excluding hydrogens is 360 g/mol. The molecule has 0 saturated heterocycles. The summed E-state index contributed by atoms with van der Waals surface area (Å²) < 4.78 is 0. The van der Waals surface area contributed by atoms with E-state index < -0.39 is 0 Å². The summed E-state index contributed by atoms with van der Waals surface area (Å²) in [6.07, 6.45) is 3.76. The van der Waals surface area contributed by atoms with Crippen molar-refractivity contribution in [2.75, 3.05) is 11.9 Å². The van der Waals surface area contributed by atoms with E-state index in [0.717, 1.165) is 17.7 Å².